The van der Waals surface area contributed by atoms with E-state index in [1.54, 1.807) is 12.1 Å². The number of carbonyl (C=O) groups excluding carboxylic acids is 1. The second-order valence-corrected chi connectivity index (χ2v) is 6.52. The van der Waals surface area contributed by atoms with Crippen molar-refractivity contribution < 1.29 is 27.4 Å². The first kappa shape index (κ1) is 20.1. The predicted molar refractivity (Wildman–Crippen MR) is 94.6 cm³/mol. The summed E-state index contributed by atoms with van der Waals surface area (Å²) >= 11 is 6.18. The summed E-state index contributed by atoms with van der Waals surface area (Å²) in [5.41, 5.74) is -1.09. The summed E-state index contributed by atoms with van der Waals surface area (Å²) in [6, 6.07) is 4.73. The van der Waals surface area contributed by atoms with E-state index in [-0.39, 0.29) is 6.54 Å². The topological polar surface area (TPSA) is 69.6 Å². The molecule has 0 bridgehead atoms. The largest absolute Gasteiger partial charge is 0.489 e. The maximum Gasteiger partial charge on any atom is 0.417 e. The van der Waals surface area contributed by atoms with Crippen LogP contribution in [0.3, 0.4) is 0 Å². The van der Waals surface area contributed by atoms with Crippen LogP contribution in [-0.4, -0.2) is 23.7 Å². The molecule has 2 heterocycles. The van der Waals surface area contributed by atoms with Gasteiger partial charge in [-0.1, -0.05) is 11.6 Å². The van der Waals surface area contributed by atoms with Gasteiger partial charge in [0.1, 0.15) is 6.54 Å². The molecule has 0 spiro atoms. The van der Waals surface area contributed by atoms with E-state index in [0.717, 1.165) is 6.07 Å². The predicted octanol–water partition coefficient (Wildman–Crippen LogP) is 3.00. The maximum absolute atomic E-state index is 12.8. The van der Waals surface area contributed by atoms with Crippen molar-refractivity contribution in [2.45, 2.75) is 25.7 Å². The van der Waals surface area contributed by atoms with E-state index < -0.39 is 29.8 Å². The van der Waals surface area contributed by atoms with Crippen molar-refractivity contribution in [3.63, 3.8) is 0 Å². The maximum atomic E-state index is 12.8. The molecule has 6 nitrogen and oxygen atoms in total. The van der Waals surface area contributed by atoms with Crippen LogP contribution < -0.4 is 20.3 Å². The Morgan fingerprint density at radius 1 is 1.21 bits per heavy atom. The van der Waals surface area contributed by atoms with Crippen molar-refractivity contribution >= 4 is 17.5 Å². The molecule has 0 saturated heterocycles. The number of hydrogen-bond donors (Lipinski definition) is 1. The van der Waals surface area contributed by atoms with Gasteiger partial charge >= 0.3 is 6.18 Å². The third kappa shape index (κ3) is 4.78. The molecule has 1 aromatic carbocycles. The highest BCUT2D eigenvalue weighted by Gasteiger charge is 2.31. The van der Waals surface area contributed by atoms with Gasteiger partial charge in [0.05, 0.1) is 23.8 Å². The molecule has 10 heteroatoms. The number of carbonyl (C=O) groups is 1. The van der Waals surface area contributed by atoms with E-state index in [1.165, 1.54) is 0 Å². The van der Waals surface area contributed by atoms with Crippen LogP contribution in [0.2, 0.25) is 5.02 Å². The van der Waals surface area contributed by atoms with Gasteiger partial charge in [-0.2, -0.15) is 13.2 Å². The number of rotatable bonds is 4. The van der Waals surface area contributed by atoms with E-state index in [4.69, 9.17) is 21.1 Å². The molecule has 28 heavy (non-hydrogen) atoms. The Morgan fingerprint density at radius 2 is 1.96 bits per heavy atom. The number of pyridine rings is 1. The van der Waals surface area contributed by atoms with Crippen molar-refractivity contribution in [2.24, 2.45) is 0 Å². The van der Waals surface area contributed by atoms with Gasteiger partial charge in [-0.15, -0.1) is 0 Å². The van der Waals surface area contributed by atoms with Crippen molar-refractivity contribution in [2.75, 3.05) is 13.2 Å². The summed E-state index contributed by atoms with van der Waals surface area (Å²) in [5, 5.41) is 2.88. The fourth-order valence-corrected chi connectivity index (χ4v) is 2.91. The number of nitrogens with one attached hydrogen (secondary N) is 1. The number of benzene rings is 1. The summed E-state index contributed by atoms with van der Waals surface area (Å²) in [7, 11) is 0. The Labute approximate surface area is 162 Å². The molecule has 1 N–H and O–H groups in total. The van der Waals surface area contributed by atoms with Crippen LogP contribution in [0.1, 0.15) is 17.5 Å². The first-order chi connectivity index (χ1) is 13.2. The fraction of sp³-hybridized carbons (Fsp3) is 0.333. The average Bonchev–Trinajstić information content (AvgIpc) is 2.87. The fourth-order valence-electron chi connectivity index (χ4n) is 2.62. The first-order valence-electron chi connectivity index (χ1n) is 8.36. The molecule has 0 aliphatic carbocycles. The van der Waals surface area contributed by atoms with E-state index in [2.05, 4.69) is 5.32 Å². The van der Waals surface area contributed by atoms with E-state index >= 15 is 0 Å². The zero-order chi connectivity index (χ0) is 20.3. The first-order valence-corrected chi connectivity index (χ1v) is 8.74. The van der Waals surface area contributed by atoms with Crippen LogP contribution in [0.4, 0.5) is 13.2 Å². The number of fused-ring (bicyclic) bond motifs is 1. The van der Waals surface area contributed by atoms with Gasteiger partial charge in [-0.3, -0.25) is 9.59 Å². The average molecular weight is 417 g/mol. The zero-order valence-corrected chi connectivity index (χ0v) is 15.3. The molecule has 0 fully saturated rings. The standard InChI is InChI=1S/C18H16ClF3N2O4/c19-13-6-11(7-14-17(13)28-5-1-4-27-14)8-23-15(25)10-24-9-12(18(20,21)22)2-3-16(24)26/h2-3,6-7,9H,1,4-5,8,10H2,(H,23,25). The van der Waals surface area contributed by atoms with Crippen LogP contribution in [0, 0.1) is 0 Å². The van der Waals surface area contributed by atoms with Gasteiger partial charge in [0.2, 0.25) is 5.91 Å². The van der Waals surface area contributed by atoms with Crippen LogP contribution in [-0.2, 0) is 24.1 Å². The number of halogens is 4. The van der Waals surface area contributed by atoms with Crippen LogP contribution in [0.5, 0.6) is 11.5 Å². The van der Waals surface area contributed by atoms with E-state index in [9.17, 15) is 22.8 Å². The monoisotopic (exact) mass is 416 g/mol. The normalized spacial score (nSPS) is 13.7. The summed E-state index contributed by atoms with van der Waals surface area (Å²) in [4.78, 5) is 23.8. The molecular weight excluding hydrogens is 401 g/mol. The minimum absolute atomic E-state index is 0.0584. The molecular formula is C18H16ClF3N2O4. The highest BCUT2D eigenvalue weighted by Crippen LogP contribution is 2.38. The summed E-state index contributed by atoms with van der Waals surface area (Å²) in [6.45, 7) is 0.468. The van der Waals surface area contributed by atoms with Gasteiger partial charge in [0.15, 0.2) is 11.5 Å². The molecule has 1 aromatic heterocycles. The van der Waals surface area contributed by atoms with Crippen molar-refractivity contribution in [1.29, 1.82) is 0 Å². The number of amides is 1. The highest BCUT2D eigenvalue weighted by molar-refractivity contribution is 6.32. The molecule has 0 unspecified atom stereocenters. The van der Waals surface area contributed by atoms with Crippen LogP contribution >= 0.6 is 11.6 Å². The molecule has 0 saturated carbocycles. The zero-order valence-electron chi connectivity index (χ0n) is 14.5. The number of aromatic nitrogens is 1. The highest BCUT2D eigenvalue weighted by atomic mass is 35.5. The molecule has 3 rings (SSSR count). The molecule has 0 radical (unpaired) electrons. The number of hydrogen-bond acceptors (Lipinski definition) is 4. The van der Waals surface area contributed by atoms with Gasteiger partial charge in [0.25, 0.3) is 5.56 Å². The number of ether oxygens (including phenoxy) is 2. The lowest BCUT2D eigenvalue weighted by atomic mass is 10.2. The third-order valence-electron chi connectivity index (χ3n) is 3.98. The Morgan fingerprint density at radius 3 is 2.71 bits per heavy atom. The van der Waals surface area contributed by atoms with E-state index in [0.29, 0.717) is 58.6 Å². The van der Waals surface area contributed by atoms with E-state index in [1.807, 2.05) is 0 Å². The van der Waals surface area contributed by atoms with Gasteiger partial charge in [-0.25, -0.2) is 0 Å². The Kier molecular flexibility index (Phi) is 5.83. The van der Waals surface area contributed by atoms with Crippen LogP contribution in [0.25, 0.3) is 0 Å². The summed E-state index contributed by atoms with van der Waals surface area (Å²) in [6.07, 6.45) is -3.28. The van der Waals surface area contributed by atoms with Crippen molar-refractivity contribution in [1.82, 2.24) is 9.88 Å². The summed E-state index contributed by atoms with van der Waals surface area (Å²) in [5.74, 6) is 0.276. The molecule has 0 atom stereocenters. The Balaban J connectivity index is 1.68. The quantitative estimate of drug-likeness (QED) is 0.832. The Bertz CT molecular complexity index is 943. The number of nitrogens with zero attached hydrogens (tertiary/aromatic N) is 1. The molecule has 2 aromatic rings. The summed E-state index contributed by atoms with van der Waals surface area (Å²) < 4.78 is 50.1. The lowest BCUT2D eigenvalue weighted by Crippen LogP contribution is -2.32. The minimum atomic E-state index is -4.60. The lowest BCUT2D eigenvalue weighted by molar-refractivity contribution is -0.138. The molecule has 150 valence electrons. The van der Waals surface area contributed by atoms with Gasteiger partial charge in [-0.05, 0) is 23.8 Å². The van der Waals surface area contributed by atoms with Crippen LogP contribution in [0.15, 0.2) is 35.3 Å². The Hall–Kier alpha value is -2.68. The SMILES string of the molecule is O=C(Cn1cc(C(F)(F)F)ccc1=O)NCc1cc(Cl)c2c(c1)OCCCO2. The lowest BCUT2D eigenvalue weighted by Gasteiger charge is -2.13. The smallest absolute Gasteiger partial charge is 0.417 e. The molecule has 1 aliphatic rings. The van der Waals surface area contributed by atoms with Crippen molar-refractivity contribution in [3.05, 3.63) is 57.0 Å². The van der Waals surface area contributed by atoms with Gasteiger partial charge in [0, 0.05) is 25.2 Å². The number of alkyl halides is 3. The minimum Gasteiger partial charge on any atom is -0.489 e. The third-order valence-corrected chi connectivity index (χ3v) is 4.26. The van der Waals surface area contributed by atoms with Crippen molar-refractivity contribution in [3.8, 4) is 11.5 Å². The van der Waals surface area contributed by atoms with Gasteiger partial charge < -0.3 is 19.4 Å². The second-order valence-electron chi connectivity index (χ2n) is 6.11. The molecule has 1 aliphatic heterocycles. The molecule has 1 amide bonds. The second kappa shape index (κ2) is 8.14.